The highest BCUT2D eigenvalue weighted by molar-refractivity contribution is 5.75. The van der Waals surface area contributed by atoms with Crippen LogP contribution in [0.25, 0.3) is 0 Å². The Kier molecular flexibility index (Phi) is 14.9. The number of rotatable bonds is 6. The molecule has 0 aliphatic heterocycles. The van der Waals surface area contributed by atoms with Gasteiger partial charge in [-0.05, 0) is 13.0 Å². The summed E-state index contributed by atoms with van der Waals surface area (Å²) in [6, 6.07) is 0. The van der Waals surface area contributed by atoms with Crippen LogP contribution in [0, 0.1) is 0 Å². The monoisotopic (exact) mass is 143 g/mol. The first-order valence-corrected chi connectivity index (χ1v) is 4.12. The molecular weight excluding hydrogens is 121 g/mol. The average molecular weight is 143 g/mol. The van der Waals surface area contributed by atoms with Crippen molar-refractivity contribution in [2.24, 2.45) is 5.73 Å². The Balaban J connectivity index is 0. The van der Waals surface area contributed by atoms with Crippen LogP contribution in [0.4, 0.5) is 0 Å². The van der Waals surface area contributed by atoms with Gasteiger partial charge in [-0.25, -0.2) is 0 Å². The van der Waals surface area contributed by atoms with Crippen molar-refractivity contribution in [3.63, 3.8) is 0 Å². The summed E-state index contributed by atoms with van der Waals surface area (Å²) in [5.41, 5.74) is 5.34. The van der Waals surface area contributed by atoms with E-state index in [1.165, 1.54) is 38.5 Å². The van der Waals surface area contributed by atoms with Crippen molar-refractivity contribution in [2.75, 3.05) is 6.54 Å². The first kappa shape index (κ1) is 12.7. The molecule has 10 heavy (non-hydrogen) atoms. The van der Waals surface area contributed by atoms with Crippen LogP contribution in [0.3, 0.4) is 0 Å². The van der Waals surface area contributed by atoms with Crippen LogP contribution >= 0.6 is 0 Å². The Morgan fingerprint density at radius 2 is 1.40 bits per heavy atom. The minimum atomic E-state index is 0. The summed E-state index contributed by atoms with van der Waals surface area (Å²) in [5, 5.41) is 0. The van der Waals surface area contributed by atoms with Crippen molar-refractivity contribution in [1.29, 1.82) is 0 Å². The van der Waals surface area contributed by atoms with E-state index >= 15 is 0 Å². The number of nitrogens with two attached hydrogens (primary N) is 1. The summed E-state index contributed by atoms with van der Waals surface area (Å²) in [7, 11) is 0. The average Bonchev–Trinajstić information content (AvgIpc) is 1.89. The van der Waals surface area contributed by atoms with Crippen LogP contribution in [0.5, 0.6) is 0 Å². The predicted molar refractivity (Wildman–Crippen MR) is 52.4 cm³/mol. The summed E-state index contributed by atoms with van der Waals surface area (Å²) >= 11 is 0. The molecule has 0 saturated carbocycles. The van der Waals surface area contributed by atoms with Crippen molar-refractivity contribution in [1.82, 2.24) is 0 Å². The maximum atomic E-state index is 5.34. The van der Waals surface area contributed by atoms with E-state index in [9.17, 15) is 0 Å². The van der Waals surface area contributed by atoms with Crippen LogP contribution < -0.4 is 5.73 Å². The zero-order chi connectivity index (χ0) is 6.95. The van der Waals surface area contributed by atoms with Gasteiger partial charge in [-0.2, -0.15) is 0 Å². The highest BCUT2D eigenvalue weighted by atomic mass is 14.5. The smallest absolute Gasteiger partial charge is 0.0814 e. The molecule has 0 saturated heterocycles. The molecular formula is C8H22BN. The zero-order valence-electron chi connectivity index (χ0n) is 6.53. The largest absolute Gasteiger partial charge is 0.330 e. The molecule has 0 aromatic carbocycles. The Morgan fingerprint density at radius 1 is 0.900 bits per heavy atom. The van der Waals surface area contributed by atoms with Gasteiger partial charge in [0.1, 0.15) is 0 Å². The summed E-state index contributed by atoms with van der Waals surface area (Å²) in [6.45, 7) is 3.11. The van der Waals surface area contributed by atoms with Crippen molar-refractivity contribution < 1.29 is 0 Å². The van der Waals surface area contributed by atoms with Crippen molar-refractivity contribution in [3.8, 4) is 0 Å². The molecule has 2 N–H and O–H groups in total. The van der Waals surface area contributed by atoms with Crippen LogP contribution in [0.2, 0.25) is 0 Å². The van der Waals surface area contributed by atoms with E-state index in [-0.39, 0.29) is 8.41 Å². The second-order valence-corrected chi connectivity index (χ2v) is 2.56. The molecule has 0 unspecified atom stereocenters. The third-order valence-corrected chi connectivity index (χ3v) is 1.56. The fourth-order valence-electron chi connectivity index (χ4n) is 0.925. The lowest BCUT2D eigenvalue weighted by Crippen LogP contribution is -1.97. The van der Waals surface area contributed by atoms with Gasteiger partial charge < -0.3 is 5.73 Å². The molecule has 0 radical (unpaired) electrons. The van der Waals surface area contributed by atoms with Crippen LogP contribution in [-0.2, 0) is 0 Å². The lowest BCUT2D eigenvalue weighted by atomic mass is 10.1. The molecule has 0 rings (SSSR count). The molecule has 0 atom stereocenters. The molecule has 0 amide bonds. The first-order valence-electron chi connectivity index (χ1n) is 4.12. The van der Waals surface area contributed by atoms with Crippen LogP contribution in [0.1, 0.15) is 45.4 Å². The van der Waals surface area contributed by atoms with Gasteiger partial charge in [-0.15, -0.1) is 0 Å². The minimum Gasteiger partial charge on any atom is -0.330 e. The third-order valence-electron chi connectivity index (χ3n) is 1.56. The van der Waals surface area contributed by atoms with Gasteiger partial charge in [-0.1, -0.05) is 39.0 Å². The molecule has 1 nitrogen and oxygen atoms in total. The van der Waals surface area contributed by atoms with Gasteiger partial charge in [0.15, 0.2) is 0 Å². The highest BCUT2D eigenvalue weighted by Crippen LogP contribution is 2.03. The van der Waals surface area contributed by atoms with E-state index in [2.05, 4.69) is 6.92 Å². The zero-order valence-corrected chi connectivity index (χ0v) is 6.53. The van der Waals surface area contributed by atoms with E-state index in [0.29, 0.717) is 0 Å². The molecule has 0 aromatic heterocycles. The van der Waals surface area contributed by atoms with E-state index in [4.69, 9.17) is 5.73 Å². The first-order chi connectivity index (χ1) is 4.41. The summed E-state index contributed by atoms with van der Waals surface area (Å²) in [5.74, 6) is 0. The Hall–Kier alpha value is 0.0249. The standard InChI is InChI=1S/C8H19N.BH3/c1-2-3-4-5-6-7-8-9;/h2-9H2,1H3;1H3. The topological polar surface area (TPSA) is 26.0 Å². The van der Waals surface area contributed by atoms with Gasteiger partial charge in [0.2, 0.25) is 0 Å². The van der Waals surface area contributed by atoms with E-state index in [1.807, 2.05) is 0 Å². The maximum absolute atomic E-state index is 5.34. The van der Waals surface area contributed by atoms with Crippen LogP contribution in [-0.4, -0.2) is 15.0 Å². The third kappa shape index (κ3) is 10.9. The van der Waals surface area contributed by atoms with Gasteiger partial charge in [0.05, 0.1) is 8.41 Å². The Labute approximate surface area is 67.0 Å². The number of hydrogen-bond acceptors (Lipinski definition) is 1. The summed E-state index contributed by atoms with van der Waals surface area (Å²) in [6.07, 6.45) is 8.05. The Morgan fingerprint density at radius 3 is 1.90 bits per heavy atom. The summed E-state index contributed by atoms with van der Waals surface area (Å²) in [4.78, 5) is 0. The Bertz CT molecular complexity index is 42.5. The fraction of sp³-hybridized carbons (Fsp3) is 1.00. The van der Waals surface area contributed by atoms with Gasteiger partial charge in [0, 0.05) is 0 Å². The van der Waals surface area contributed by atoms with Crippen molar-refractivity contribution >= 4 is 8.41 Å². The molecule has 0 heterocycles. The SMILES string of the molecule is B.CCCCCCCCN. The lowest BCUT2D eigenvalue weighted by Gasteiger charge is -1.96. The molecule has 2 heteroatoms. The normalized spacial score (nSPS) is 9.00. The van der Waals surface area contributed by atoms with Crippen molar-refractivity contribution in [3.05, 3.63) is 0 Å². The minimum absolute atomic E-state index is 0. The predicted octanol–water partition coefficient (Wildman–Crippen LogP) is 1.12. The number of hydrogen-bond donors (Lipinski definition) is 1. The molecule has 0 aliphatic rings. The highest BCUT2D eigenvalue weighted by Gasteiger charge is 1.85. The van der Waals surface area contributed by atoms with Gasteiger partial charge >= 0.3 is 0 Å². The van der Waals surface area contributed by atoms with Crippen LogP contribution in [0.15, 0.2) is 0 Å². The molecule has 0 aliphatic carbocycles. The van der Waals surface area contributed by atoms with Gasteiger partial charge in [-0.3, -0.25) is 0 Å². The second-order valence-electron chi connectivity index (χ2n) is 2.56. The lowest BCUT2D eigenvalue weighted by molar-refractivity contribution is 0.612. The molecule has 0 spiro atoms. The molecule has 0 bridgehead atoms. The molecule has 0 fully saturated rings. The van der Waals surface area contributed by atoms with Gasteiger partial charge in [0.25, 0.3) is 0 Å². The molecule has 62 valence electrons. The second kappa shape index (κ2) is 11.8. The van der Waals surface area contributed by atoms with E-state index < -0.39 is 0 Å². The van der Waals surface area contributed by atoms with E-state index in [1.54, 1.807) is 0 Å². The van der Waals surface area contributed by atoms with Crippen molar-refractivity contribution in [2.45, 2.75) is 45.4 Å². The maximum Gasteiger partial charge on any atom is 0.0814 e. The fourth-order valence-corrected chi connectivity index (χ4v) is 0.925. The summed E-state index contributed by atoms with van der Waals surface area (Å²) < 4.78 is 0. The number of unbranched alkanes of at least 4 members (excludes halogenated alkanes) is 5. The molecule has 0 aromatic rings. The van der Waals surface area contributed by atoms with E-state index in [0.717, 1.165) is 6.54 Å². The quantitative estimate of drug-likeness (QED) is 0.437.